The molecule has 20 heavy (non-hydrogen) atoms. The van der Waals surface area contributed by atoms with Crippen LogP contribution in [-0.2, 0) is 21.2 Å². The lowest BCUT2D eigenvalue weighted by Gasteiger charge is -2.10. The van der Waals surface area contributed by atoms with Crippen LogP contribution in [0, 0.1) is 0 Å². The van der Waals surface area contributed by atoms with Gasteiger partial charge in [0, 0.05) is 32.0 Å². The number of nitrogens with one attached hydrogen (secondary N) is 2. The quantitative estimate of drug-likeness (QED) is 0.700. The molecule has 0 spiro atoms. The van der Waals surface area contributed by atoms with Crippen LogP contribution in [-0.4, -0.2) is 50.1 Å². The molecule has 0 atom stereocenters. The summed E-state index contributed by atoms with van der Waals surface area (Å²) in [6.07, 6.45) is 1.21. The van der Waals surface area contributed by atoms with Gasteiger partial charge in [-0.3, -0.25) is 0 Å². The molecule has 1 heterocycles. The van der Waals surface area contributed by atoms with Crippen molar-refractivity contribution in [3.05, 3.63) is 11.9 Å². The summed E-state index contributed by atoms with van der Waals surface area (Å²) in [5, 5.41) is 6.10. The minimum absolute atomic E-state index is 0.0638. The van der Waals surface area contributed by atoms with E-state index in [9.17, 15) is 8.42 Å². The summed E-state index contributed by atoms with van der Waals surface area (Å²) in [5.41, 5.74) is 0. The van der Waals surface area contributed by atoms with Gasteiger partial charge in [0.15, 0.2) is 5.82 Å². The first-order valence-electron chi connectivity index (χ1n) is 6.55. The highest BCUT2D eigenvalue weighted by Gasteiger charge is 2.06. The maximum Gasteiger partial charge on any atom is 0.158 e. The van der Waals surface area contributed by atoms with Gasteiger partial charge in [0.2, 0.25) is 0 Å². The molecule has 1 aromatic heterocycles. The van der Waals surface area contributed by atoms with Crippen molar-refractivity contribution in [2.45, 2.75) is 20.5 Å². The van der Waals surface area contributed by atoms with Crippen molar-refractivity contribution in [1.82, 2.24) is 9.97 Å². The van der Waals surface area contributed by atoms with Crippen molar-refractivity contribution in [2.75, 3.05) is 42.3 Å². The Morgan fingerprint density at radius 1 is 1.20 bits per heavy atom. The zero-order valence-corrected chi connectivity index (χ0v) is 13.0. The summed E-state index contributed by atoms with van der Waals surface area (Å²) in [6.45, 7) is 5.85. The van der Waals surface area contributed by atoms with Crippen LogP contribution in [0.3, 0.4) is 0 Å². The Labute approximate surface area is 120 Å². The first kappa shape index (κ1) is 16.6. The fourth-order valence-corrected chi connectivity index (χ4v) is 1.95. The minimum Gasteiger partial charge on any atom is -0.374 e. The highest BCUT2D eigenvalue weighted by atomic mass is 32.2. The molecule has 0 radical (unpaired) electrons. The molecule has 0 unspecified atom stereocenters. The highest BCUT2D eigenvalue weighted by molar-refractivity contribution is 7.90. The maximum absolute atomic E-state index is 11.1. The number of sulfone groups is 1. The summed E-state index contributed by atoms with van der Waals surface area (Å²) in [4.78, 5) is 8.60. The molecule has 0 saturated heterocycles. The second-order valence-corrected chi connectivity index (χ2v) is 6.54. The van der Waals surface area contributed by atoms with E-state index in [0.29, 0.717) is 37.2 Å². The van der Waals surface area contributed by atoms with Crippen molar-refractivity contribution in [3.8, 4) is 0 Å². The molecular formula is C12H22N4O3S. The van der Waals surface area contributed by atoms with Crippen LogP contribution in [0.1, 0.15) is 19.7 Å². The normalized spacial score (nSPS) is 11.3. The predicted molar refractivity (Wildman–Crippen MR) is 79.7 cm³/mol. The molecule has 0 amide bonds. The van der Waals surface area contributed by atoms with Crippen molar-refractivity contribution in [3.63, 3.8) is 0 Å². The van der Waals surface area contributed by atoms with Crippen LogP contribution in [0.25, 0.3) is 0 Å². The Kier molecular flexibility index (Phi) is 6.66. The molecule has 0 fully saturated rings. The molecule has 0 aromatic carbocycles. The lowest BCUT2D eigenvalue weighted by atomic mass is 10.4. The average molecular weight is 302 g/mol. The van der Waals surface area contributed by atoms with E-state index < -0.39 is 9.84 Å². The number of hydrogen-bond donors (Lipinski definition) is 2. The summed E-state index contributed by atoms with van der Waals surface area (Å²) in [7, 11) is -2.99. The Bertz CT molecular complexity index is 519. The van der Waals surface area contributed by atoms with Crippen molar-refractivity contribution in [1.29, 1.82) is 0 Å². The molecule has 8 heteroatoms. The van der Waals surface area contributed by atoms with E-state index in [1.165, 1.54) is 6.26 Å². The van der Waals surface area contributed by atoms with Gasteiger partial charge in [-0.2, -0.15) is 0 Å². The fraction of sp³-hybridized carbons (Fsp3) is 0.667. The van der Waals surface area contributed by atoms with Gasteiger partial charge in [0.1, 0.15) is 28.1 Å². The Hall–Kier alpha value is -1.41. The average Bonchev–Trinajstić information content (AvgIpc) is 2.35. The monoisotopic (exact) mass is 302 g/mol. The number of nitrogens with zero attached hydrogens (tertiary/aromatic N) is 2. The summed E-state index contributed by atoms with van der Waals surface area (Å²) in [6, 6.07) is 1.75. The van der Waals surface area contributed by atoms with E-state index in [0.717, 1.165) is 6.54 Å². The van der Waals surface area contributed by atoms with E-state index in [4.69, 9.17) is 4.74 Å². The second-order valence-electron chi connectivity index (χ2n) is 4.28. The van der Waals surface area contributed by atoms with Gasteiger partial charge in [0.05, 0.1) is 5.75 Å². The molecule has 0 aliphatic rings. The molecule has 0 aliphatic heterocycles. The first-order valence-corrected chi connectivity index (χ1v) is 8.61. The highest BCUT2D eigenvalue weighted by Crippen LogP contribution is 2.12. The number of ether oxygens (including phenoxy) is 1. The molecular weight excluding hydrogens is 280 g/mol. The van der Waals surface area contributed by atoms with Gasteiger partial charge in [0.25, 0.3) is 0 Å². The van der Waals surface area contributed by atoms with E-state index in [2.05, 4.69) is 20.6 Å². The smallest absolute Gasteiger partial charge is 0.158 e. The Morgan fingerprint density at radius 2 is 1.85 bits per heavy atom. The van der Waals surface area contributed by atoms with E-state index >= 15 is 0 Å². The summed E-state index contributed by atoms with van der Waals surface area (Å²) >= 11 is 0. The number of anilines is 2. The molecule has 1 rings (SSSR count). The molecule has 114 valence electrons. The van der Waals surface area contributed by atoms with Crippen molar-refractivity contribution < 1.29 is 13.2 Å². The number of hydrogen-bond acceptors (Lipinski definition) is 7. The lowest BCUT2D eigenvalue weighted by molar-refractivity contribution is 0.128. The zero-order valence-electron chi connectivity index (χ0n) is 12.1. The van der Waals surface area contributed by atoms with Crippen molar-refractivity contribution >= 4 is 21.5 Å². The van der Waals surface area contributed by atoms with Crippen molar-refractivity contribution in [2.24, 2.45) is 0 Å². The van der Waals surface area contributed by atoms with Gasteiger partial charge in [-0.1, -0.05) is 0 Å². The van der Waals surface area contributed by atoms with Crippen LogP contribution in [0.15, 0.2) is 6.07 Å². The SMILES string of the molecule is CCNc1cc(NCCS(C)(=O)=O)nc(COCC)n1. The summed E-state index contributed by atoms with van der Waals surface area (Å²) < 4.78 is 27.5. The zero-order chi connectivity index (χ0) is 15.0. The molecule has 0 aliphatic carbocycles. The van der Waals surface area contributed by atoms with Crippen LogP contribution >= 0.6 is 0 Å². The van der Waals surface area contributed by atoms with Crippen LogP contribution in [0.5, 0.6) is 0 Å². The third-order valence-corrected chi connectivity index (χ3v) is 3.29. The number of aromatic nitrogens is 2. The topological polar surface area (TPSA) is 93.2 Å². The van der Waals surface area contributed by atoms with Crippen LogP contribution in [0.2, 0.25) is 0 Å². The Balaban J connectivity index is 2.74. The molecule has 0 bridgehead atoms. The molecule has 0 saturated carbocycles. The van der Waals surface area contributed by atoms with Gasteiger partial charge >= 0.3 is 0 Å². The van der Waals surface area contributed by atoms with E-state index in [1.807, 2.05) is 13.8 Å². The van der Waals surface area contributed by atoms with Gasteiger partial charge in [-0.15, -0.1) is 0 Å². The van der Waals surface area contributed by atoms with Crippen LogP contribution in [0.4, 0.5) is 11.6 Å². The predicted octanol–water partition coefficient (Wildman–Crippen LogP) is 0.901. The third kappa shape index (κ3) is 6.67. The first-order chi connectivity index (χ1) is 9.44. The van der Waals surface area contributed by atoms with E-state index in [-0.39, 0.29) is 5.75 Å². The third-order valence-electron chi connectivity index (χ3n) is 2.34. The van der Waals surface area contributed by atoms with Crippen LogP contribution < -0.4 is 10.6 Å². The molecule has 7 nitrogen and oxygen atoms in total. The standard InChI is InChI=1S/C12H22N4O3S/c1-4-13-10-8-11(14-6-7-20(3,17)18)16-12(15-10)9-19-5-2/h8H,4-7,9H2,1-3H3,(H2,13,14,15,16). The maximum atomic E-state index is 11.1. The van der Waals surface area contributed by atoms with E-state index in [1.54, 1.807) is 6.07 Å². The minimum atomic E-state index is -2.99. The van der Waals surface area contributed by atoms with Gasteiger partial charge in [-0.25, -0.2) is 18.4 Å². The lowest BCUT2D eigenvalue weighted by Crippen LogP contribution is -2.16. The number of rotatable bonds is 9. The van der Waals surface area contributed by atoms with Gasteiger partial charge < -0.3 is 15.4 Å². The fourth-order valence-electron chi connectivity index (χ4n) is 1.48. The second kappa shape index (κ2) is 8.01. The molecule has 1 aromatic rings. The molecule has 2 N–H and O–H groups in total. The largest absolute Gasteiger partial charge is 0.374 e. The summed E-state index contributed by atoms with van der Waals surface area (Å²) in [5.74, 6) is 1.91. The van der Waals surface area contributed by atoms with Gasteiger partial charge in [-0.05, 0) is 13.8 Å². The Morgan fingerprint density at radius 3 is 2.40 bits per heavy atom.